The van der Waals surface area contributed by atoms with E-state index in [1.165, 1.54) is 10.5 Å². The molecule has 2 N–H and O–H groups in total. The molecule has 1 aromatic rings. The standard InChI is InChI=1S/C15H22F3N3/c16-15(17,18)14(6-7-19)21-10-8-20(9-11-21)12-13-4-2-1-3-5-13/h1-5,14H,6-12,19H2. The van der Waals surface area contributed by atoms with Gasteiger partial charge in [0.1, 0.15) is 6.04 Å². The molecule has 6 heteroatoms. The maximum absolute atomic E-state index is 13.0. The van der Waals surface area contributed by atoms with Crippen molar-refractivity contribution in [2.75, 3.05) is 32.7 Å². The predicted octanol–water partition coefficient (Wildman–Crippen LogP) is 2.08. The van der Waals surface area contributed by atoms with Crippen molar-refractivity contribution in [1.29, 1.82) is 0 Å². The van der Waals surface area contributed by atoms with Crippen LogP contribution in [0.4, 0.5) is 13.2 Å². The topological polar surface area (TPSA) is 32.5 Å². The fourth-order valence-corrected chi connectivity index (χ4v) is 2.79. The van der Waals surface area contributed by atoms with Gasteiger partial charge in [0, 0.05) is 32.7 Å². The zero-order chi connectivity index (χ0) is 15.3. The lowest BCUT2D eigenvalue weighted by Crippen LogP contribution is -2.55. The highest BCUT2D eigenvalue weighted by Gasteiger charge is 2.43. The largest absolute Gasteiger partial charge is 0.404 e. The summed E-state index contributed by atoms with van der Waals surface area (Å²) in [6.07, 6.45) is -4.22. The van der Waals surface area contributed by atoms with E-state index in [0.29, 0.717) is 26.2 Å². The van der Waals surface area contributed by atoms with Gasteiger partial charge in [-0.1, -0.05) is 30.3 Å². The molecule has 1 saturated heterocycles. The number of hydrogen-bond donors (Lipinski definition) is 1. The first kappa shape index (κ1) is 16.3. The predicted molar refractivity (Wildman–Crippen MR) is 76.8 cm³/mol. The maximum atomic E-state index is 13.0. The van der Waals surface area contributed by atoms with E-state index >= 15 is 0 Å². The van der Waals surface area contributed by atoms with Crippen LogP contribution in [0.25, 0.3) is 0 Å². The van der Waals surface area contributed by atoms with Gasteiger partial charge in [-0.25, -0.2) is 0 Å². The molecule has 0 bridgehead atoms. The lowest BCUT2D eigenvalue weighted by Gasteiger charge is -2.39. The van der Waals surface area contributed by atoms with Gasteiger partial charge < -0.3 is 5.73 Å². The van der Waals surface area contributed by atoms with Crippen LogP contribution in [0.2, 0.25) is 0 Å². The van der Waals surface area contributed by atoms with Gasteiger partial charge in [-0.2, -0.15) is 13.2 Å². The van der Waals surface area contributed by atoms with Crippen LogP contribution < -0.4 is 5.73 Å². The van der Waals surface area contributed by atoms with E-state index in [0.717, 1.165) is 6.54 Å². The van der Waals surface area contributed by atoms with Crippen LogP contribution in [0, 0.1) is 0 Å². The van der Waals surface area contributed by atoms with Crippen LogP contribution in [0.15, 0.2) is 30.3 Å². The molecule has 0 aliphatic carbocycles. The Balaban J connectivity index is 1.87. The van der Waals surface area contributed by atoms with Crippen LogP contribution in [0.1, 0.15) is 12.0 Å². The lowest BCUT2D eigenvalue weighted by atomic mass is 10.1. The molecule has 0 saturated carbocycles. The molecule has 1 fully saturated rings. The second kappa shape index (κ2) is 7.24. The van der Waals surface area contributed by atoms with Crippen molar-refractivity contribution >= 4 is 0 Å². The quantitative estimate of drug-likeness (QED) is 0.904. The summed E-state index contributed by atoms with van der Waals surface area (Å²) in [7, 11) is 0. The molecule has 1 heterocycles. The summed E-state index contributed by atoms with van der Waals surface area (Å²) in [5.41, 5.74) is 6.52. The molecule has 1 unspecified atom stereocenters. The summed E-state index contributed by atoms with van der Waals surface area (Å²) >= 11 is 0. The van der Waals surface area contributed by atoms with Crippen LogP contribution in [-0.4, -0.2) is 54.7 Å². The van der Waals surface area contributed by atoms with Crippen molar-refractivity contribution in [3.8, 4) is 0 Å². The summed E-state index contributed by atoms with van der Waals surface area (Å²) in [5, 5.41) is 0. The molecular formula is C15H22F3N3. The Bertz CT molecular complexity index is 414. The SMILES string of the molecule is NCCC(N1CCN(Cc2ccccc2)CC1)C(F)(F)F. The molecule has 118 valence electrons. The summed E-state index contributed by atoms with van der Waals surface area (Å²) in [6, 6.07) is 8.60. The molecule has 2 rings (SSSR count). The number of nitrogens with zero attached hydrogens (tertiary/aromatic N) is 2. The van der Waals surface area contributed by atoms with Gasteiger partial charge in [0.05, 0.1) is 0 Å². The minimum Gasteiger partial charge on any atom is -0.330 e. The number of nitrogens with two attached hydrogens (primary N) is 1. The number of rotatable bonds is 5. The Morgan fingerprint density at radius 3 is 2.19 bits per heavy atom. The number of benzene rings is 1. The van der Waals surface area contributed by atoms with Crippen molar-refractivity contribution in [2.45, 2.75) is 25.2 Å². The van der Waals surface area contributed by atoms with Crippen molar-refractivity contribution in [1.82, 2.24) is 9.80 Å². The molecule has 1 atom stereocenters. The van der Waals surface area contributed by atoms with Crippen LogP contribution >= 0.6 is 0 Å². The first-order valence-electron chi connectivity index (χ1n) is 7.28. The second-order valence-electron chi connectivity index (χ2n) is 5.43. The van der Waals surface area contributed by atoms with Gasteiger partial charge in [-0.05, 0) is 18.5 Å². The molecule has 1 aliphatic rings. The van der Waals surface area contributed by atoms with E-state index in [2.05, 4.69) is 4.90 Å². The van der Waals surface area contributed by atoms with Crippen LogP contribution in [-0.2, 0) is 6.54 Å². The molecule has 0 radical (unpaired) electrons. The molecule has 1 aliphatic heterocycles. The monoisotopic (exact) mass is 301 g/mol. The molecule has 1 aromatic carbocycles. The third-order valence-corrected chi connectivity index (χ3v) is 3.91. The van der Waals surface area contributed by atoms with Crippen LogP contribution in [0.5, 0.6) is 0 Å². The van der Waals surface area contributed by atoms with Gasteiger partial charge in [0.25, 0.3) is 0 Å². The van der Waals surface area contributed by atoms with E-state index in [9.17, 15) is 13.2 Å². The number of piperazine rings is 1. The van der Waals surface area contributed by atoms with Gasteiger partial charge in [-0.15, -0.1) is 0 Å². The first-order valence-corrected chi connectivity index (χ1v) is 7.28. The Hall–Kier alpha value is -1.11. The van der Waals surface area contributed by atoms with Gasteiger partial charge >= 0.3 is 6.18 Å². The average molecular weight is 301 g/mol. The summed E-state index contributed by atoms with van der Waals surface area (Å²) < 4.78 is 39.1. The van der Waals surface area contributed by atoms with Crippen molar-refractivity contribution in [3.05, 3.63) is 35.9 Å². The molecule has 0 spiro atoms. The highest BCUT2D eigenvalue weighted by atomic mass is 19.4. The van der Waals surface area contributed by atoms with Crippen molar-refractivity contribution < 1.29 is 13.2 Å². The minimum atomic E-state index is -4.19. The highest BCUT2D eigenvalue weighted by molar-refractivity contribution is 5.14. The van der Waals surface area contributed by atoms with Gasteiger partial charge in [0.15, 0.2) is 0 Å². The molecule has 0 aromatic heterocycles. The average Bonchev–Trinajstić information content (AvgIpc) is 2.46. The second-order valence-corrected chi connectivity index (χ2v) is 5.43. The highest BCUT2D eigenvalue weighted by Crippen LogP contribution is 2.28. The van der Waals surface area contributed by atoms with E-state index in [-0.39, 0.29) is 13.0 Å². The Kier molecular flexibility index (Phi) is 5.61. The third-order valence-electron chi connectivity index (χ3n) is 3.91. The fraction of sp³-hybridized carbons (Fsp3) is 0.600. The maximum Gasteiger partial charge on any atom is 0.404 e. The zero-order valence-corrected chi connectivity index (χ0v) is 12.0. The molecule has 3 nitrogen and oxygen atoms in total. The number of halogens is 3. The van der Waals surface area contributed by atoms with Gasteiger partial charge in [0.2, 0.25) is 0 Å². The Labute approximate surface area is 123 Å². The van der Waals surface area contributed by atoms with E-state index in [1.807, 2.05) is 30.3 Å². The Morgan fingerprint density at radius 2 is 1.67 bits per heavy atom. The normalized spacial score (nSPS) is 19.6. The smallest absolute Gasteiger partial charge is 0.330 e. The first-order chi connectivity index (χ1) is 10.0. The molecular weight excluding hydrogens is 279 g/mol. The zero-order valence-electron chi connectivity index (χ0n) is 12.0. The minimum absolute atomic E-state index is 0.0256. The number of alkyl halides is 3. The lowest BCUT2D eigenvalue weighted by molar-refractivity contribution is -0.189. The van der Waals surface area contributed by atoms with Gasteiger partial charge in [-0.3, -0.25) is 9.80 Å². The van der Waals surface area contributed by atoms with Crippen molar-refractivity contribution in [2.24, 2.45) is 5.73 Å². The van der Waals surface area contributed by atoms with Crippen LogP contribution in [0.3, 0.4) is 0 Å². The van der Waals surface area contributed by atoms with E-state index in [4.69, 9.17) is 5.73 Å². The summed E-state index contributed by atoms with van der Waals surface area (Å²) in [4.78, 5) is 3.72. The Morgan fingerprint density at radius 1 is 1.05 bits per heavy atom. The molecule has 0 amide bonds. The molecule has 21 heavy (non-hydrogen) atoms. The third kappa shape index (κ3) is 4.69. The number of hydrogen-bond acceptors (Lipinski definition) is 3. The van der Waals surface area contributed by atoms with E-state index < -0.39 is 12.2 Å². The fourth-order valence-electron chi connectivity index (χ4n) is 2.79. The summed E-state index contributed by atoms with van der Waals surface area (Å²) in [6.45, 7) is 3.06. The summed E-state index contributed by atoms with van der Waals surface area (Å²) in [5.74, 6) is 0. The van der Waals surface area contributed by atoms with E-state index in [1.54, 1.807) is 0 Å². The van der Waals surface area contributed by atoms with Crippen molar-refractivity contribution in [3.63, 3.8) is 0 Å².